The number of rotatable bonds is 3. The molecule has 124 valence electrons. The number of fused-ring (bicyclic) bond motifs is 1. The molecule has 0 spiro atoms. The number of aliphatic imine (C=N–C) groups is 1. The third-order valence-electron chi connectivity index (χ3n) is 4.20. The molecule has 1 atom stereocenters. The lowest BCUT2D eigenvalue weighted by atomic mass is 10.1. The summed E-state index contributed by atoms with van der Waals surface area (Å²) in [5.41, 5.74) is 2.98. The predicted molar refractivity (Wildman–Crippen MR) is 91.1 cm³/mol. The second-order valence-electron chi connectivity index (χ2n) is 5.82. The summed E-state index contributed by atoms with van der Waals surface area (Å²) in [6.07, 6.45) is 3.97. The van der Waals surface area contributed by atoms with Gasteiger partial charge in [0.1, 0.15) is 5.75 Å². The summed E-state index contributed by atoms with van der Waals surface area (Å²) in [7, 11) is 1.62. The first-order valence-electron chi connectivity index (χ1n) is 7.96. The molecule has 1 saturated carbocycles. The van der Waals surface area contributed by atoms with E-state index in [0.29, 0.717) is 23.5 Å². The van der Waals surface area contributed by atoms with Crippen molar-refractivity contribution >= 4 is 22.8 Å². The minimum absolute atomic E-state index is 0.0500. The van der Waals surface area contributed by atoms with Gasteiger partial charge in [0.05, 0.1) is 31.0 Å². The SMILES string of the molecule is COc1ccc(-n2nnc3cnc(N=C4CC[C@H](C#N)C4)nc32)cc1. The van der Waals surface area contributed by atoms with Crippen LogP contribution in [-0.4, -0.2) is 37.8 Å². The lowest BCUT2D eigenvalue weighted by Gasteiger charge is -2.03. The number of hydrogen-bond donors (Lipinski definition) is 0. The molecule has 1 aliphatic rings. The van der Waals surface area contributed by atoms with Gasteiger partial charge in [0.15, 0.2) is 11.2 Å². The molecule has 4 rings (SSSR count). The molecule has 2 heterocycles. The van der Waals surface area contributed by atoms with Crippen molar-refractivity contribution in [1.29, 1.82) is 5.26 Å². The highest BCUT2D eigenvalue weighted by atomic mass is 16.5. The summed E-state index contributed by atoms with van der Waals surface area (Å²) in [5.74, 6) is 1.19. The largest absolute Gasteiger partial charge is 0.497 e. The van der Waals surface area contributed by atoms with Gasteiger partial charge in [0.25, 0.3) is 5.95 Å². The van der Waals surface area contributed by atoms with Gasteiger partial charge in [-0.3, -0.25) is 0 Å². The number of methoxy groups -OCH3 is 1. The molecule has 8 nitrogen and oxygen atoms in total. The summed E-state index contributed by atoms with van der Waals surface area (Å²) < 4.78 is 6.82. The third kappa shape index (κ3) is 2.92. The lowest BCUT2D eigenvalue weighted by Crippen LogP contribution is -1.99. The standard InChI is InChI=1S/C17H15N7O/c1-25-14-6-4-13(5-7-14)24-16-15(22-23-24)10-19-17(21-16)20-12-3-2-11(8-12)9-18/h4-7,10-11H,2-3,8H2,1H3/t11-/m0/s1. The van der Waals surface area contributed by atoms with E-state index in [1.165, 1.54) is 0 Å². The Bertz CT molecular complexity index is 984. The Morgan fingerprint density at radius 2 is 2.16 bits per heavy atom. The number of benzene rings is 1. The highest BCUT2D eigenvalue weighted by Crippen LogP contribution is 2.25. The highest BCUT2D eigenvalue weighted by molar-refractivity contribution is 5.88. The smallest absolute Gasteiger partial charge is 0.251 e. The van der Waals surface area contributed by atoms with E-state index >= 15 is 0 Å². The van der Waals surface area contributed by atoms with Gasteiger partial charge in [-0.2, -0.15) is 14.9 Å². The molecule has 1 fully saturated rings. The Hall–Kier alpha value is -3.34. The van der Waals surface area contributed by atoms with Crippen LogP contribution in [0.4, 0.5) is 5.95 Å². The maximum atomic E-state index is 9.00. The van der Waals surface area contributed by atoms with Crippen LogP contribution in [0.1, 0.15) is 19.3 Å². The van der Waals surface area contributed by atoms with Crippen molar-refractivity contribution in [3.63, 3.8) is 0 Å². The van der Waals surface area contributed by atoms with Crippen molar-refractivity contribution in [1.82, 2.24) is 25.0 Å². The summed E-state index contributed by atoms with van der Waals surface area (Å²) >= 11 is 0. The molecule has 3 aromatic rings. The highest BCUT2D eigenvalue weighted by Gasteiger charge is 2.20. The summed E-state index contributed by atoms with van der Waals surface area (Å²) in [6.45, 7) is 0. The van der Waals surface area contributed by atoms with Crippen LogP contribution < -0.4 is 4.74 Å². The number of nitrogens with zero attached hydrogens (tertiary/aromatic N) is 7. The molecule has 8 heteroatoms. The quantitative estimate of drug-likeness (QED) is 0.730. The average molecular weight is 333 g/mol. The Kier molecular flexibility index (Phi) is 3.82. The summed E-state index contributed by atoms with van der Waals surface area (Å²) in [6, 6.07) is 9.76. The molecule has 0 aliphatic heterocycles. The van der Waals surface area contributed by atoms with Gasteiger partial charge in [-0.1, -0.05) is 5.21 Å². The molecule has 0 radical (unpaired) electrons. The molecule has 1 aliphatic carbocycles. The molecule has 0 bridgehead atoms. The van der Waals surface area contributed by atoms with E-state index in [-0.39, 0.29) is 5.92 Å². The fourth-order valence-corrected chi connectivity index (χ4v) is 2.85. The van der Waals surface area contributed by atoms with Crippen molar-refractivity contribution in [2.75, 3.05) is 7.11 Å². The van der Waals surface area contributed by atoms with Crippen molar-refractivity contribution in [3.05, 3.63) is 30.5 Å². The van der Waals surface area contributed by atoms with Crippen LogP contribution >= 0.6 is 0 Å². The number of nitriles is 1. The Morgan fingerprint density at radius 3 is 2.88 bits per heavy atom. The average Bonchev–Trinajstić information content (AvgIpc) is 3.28. The molecular weight excluding hydrogens is 318 g/mol. The van der Waals surface area contributed by atoms with Gasteiger partial charge >= 0.3 is 0 Å². The van der Waals surface area contributed by atoms with E-state index in [2.05, 4.69) is 31.3 Å². The second-order valence-corrected chi connectivity index (χ2v) is 5.82. The maximum Gasteiger partial charge on any atom is 0.251 e. The molecule has 1 aromatic carbocycles. The van der Waals surface area contributed by atoms with Gasteiger partial charge < -0.3 is 4.74 Å². The van der Waals surface area contributed by atoms with E-state index in [9.17, 15) is 0 Å². The fourth-order valence-electron chi connectivity index (χ4n) is 2.85. The minimum Gasteiger partial charge on any atom is -0.497 e. The topological polar surface area (TPSA) is 102 Å². The molecule has 0 N–H and O–H groups in total. The van der Waals surface area contributed by atoms with Gasteiger partial charge in [0, 0.05) is 12.1 Å². The van der Waals surface area contributed by atoms with Crippen LogP contribution in [0.15, 0.2) is 35.5 Å². The molecule has 0 saturated heterocycles. The lowest BCUT2D eigenvalue weighted by molar-refractivity contribution is 0.414. The number of hydrogen-bond acceptors (Lipinski definition) is 7. The Morgan fingerprint density at radius 1 is 1.32 bits per heavy atom. The maximum absolute atomic E-state index is 9.00. The van der Waals surface area contributed by atoms with E-state index in [1.807, 2.05) is 24.3 Å². The Labute approximate surface area is 143 Å². The van der Waals surface area contributed by atoms with Crippen LogP contribution in [0.25, 0.3) is 16.9 Å². The van der Waals surface area contributed by atoms with Crippen molar-refractivity contribution in [3.8, 4) is 17.5 Å². The fraction of sp³-hybridized carbons (Fsp3) is 0.294. The van der Waals surface area contributed by atoms with Crippen LogP contribution in [0.3, 0.4) is 0 Å². The summed E-state index contributed by atoms with van der Waals surface area (Å²) in [4.78, 5) is 13.2. The molecule has 25 heavy (non-hydrogen) atoms. The number of ether oxygens (including phenoxy) is 1. The second kappa shape index (κ2) is 6.28. The van der Waals surface area contributed by atoms with Crippen LogP contribution in [0.5, 0.6) is 5.75 Å². The zero-order valence-electron chi connectivity index (χ0n) is 13.6. The van der Waals surface area contributed by atoms with Crippen molar-refractivity contribution in [2.24, 2.45) is 10.9 Å². The van der Waals surface area contributed by atoms with Gasteiger partial charge in [-0.25, -0.2) is 9.98 Å². The van der Waals surface area contributed by atoms with Gasteiger partial charge in [0.2, 0.25) is 0 Å². The molecule has 2 aromatic heterocycles. The van der Waals surface area contributed by atoms with E-state index < -0.39 is 0 Å². The Balaban J connectivity index is 1.70. The van der Waals surface area contributed by atoms with Crippen molar-refractivity contribution < 1.29 is 4.74 Å². The zero-order chi connectivity index (χ0) is 17.2. The van der Waals surface area contributed by atoms with Gasteiger partial charge in [-0.15, -0.1) is 5.10 Å². The van der Waals surface area contributed by atoms with E-state index in [4.69, 9.17) is 10.00 Å². The first-order chi connectivity index (χ1) is 12.3. The molecule has 0 amide bonds. The first-order valence-corrected chi connectivity index (χ1v) is 7.96. The van der Waals surface area contributed by atoms with E-state index in [0.717, 1.165) is 30.0 Å². The zero-order valence-corrected chi connectivity index (χ0v) is 13.6. The monoisotopic (exact) mass is 333 g/mol. The van der Waals surface area contributed by atoms with Crippen LogP contribution in [0.2, 0.25) is 0 Å². The predicted octanol–water partition coefficient (Wildman–Crippen LogP) is 2.62. The first kappa shape index (κ1) is 15.2. The van der Waals surface area contributed by atoms with Crippen LogP contribution in [-0.2, 0) is 0 Å². The van der Waals surface area contributed by atoms with E-state index in [1.54, 1.807) is 18.0 Å². The van der Waals surface area contributed by atoms with Gasteiger partial charge in [-0.05, 0) is 37.1 Å². The molecular formula is C17H15N7O. The third-order valence-corrected chi connectivity index (χ3v) is 4.20. The number of aromatic nitrogens is 5. The summed E-state index contributed by atoms with van der Waals surface area (Å²) in [5, 5.41) is 17.3. The van der Waals surface area contributed by atoms with Crippen molar-refractivity contribution in [2.45, 2.75) is 19.3 Å². The van der Waals surface area contributed by atoms with Crippen LogP contribution in [0, 0.1) is 17.2 Å². The normalized spacial score (nSPS) is 18.6. The molecule has 0 unspecified atom stereocenters. The minimum atomic E-state index is 0.0500.